The zero-order valence-electron chi connectivity index (χ0n) is 16.0. The fourth-order valence-electron chi connectivity index (χ4n) is 3.36. The Morgan fingerprint density at radius 3 is 2.60 bits per heavy atom. The second-order valence-electron chi connectivity index (χ2n) is 6.99. The first-order valence-corrected chi connectivity index (χ1v) is 9.43. The van der Waals surface area contributed by atoms with E-state index in [4.69, 9.17) is 13.9 Å². The van der Waals surface area contributed by atoms with E-state index in [1.54, 1.807) is 30.3 Å². The number of ether oxygens (including phenoxy) is 2. The van der Waals surface area contributed by atoms with Gasteiger partial charge in [0.15, 0.2) is 5.76 Å². The van der Waals surface area contributed by atoms with Crippen LogP contribution in [0.15, 0.2) is 83.0 Å². The van der Waals surface area contributed by atoms with Crippen molar-refractivity contribution in [1.29, 1.82) is 0 Å². The maximum absolute atomic E-state index is 12.7. The van der Waals surface area contributed by atoms with Gasteiger partial charge in [-0.1, -0.05) is 42.5 Å². The number of Topliss-reactive ketones (excluding diaryl/α,β-unsaturated/α-hetero) is 1. The van der Waals surface area contributed by atoms with Crippen LogP contribution in [0.2, 0.25) is 0 Å². The largest absolute Gasteiger partial charge is 0.452 e. The molecule has 0 fully saturated rings. The van der Waals surface area contributed by atoms with Crippen molar-refractivity contribution in [3.8, 4) is 11.5 Å². The fraction of sp³-hybridized carbons (Fsp3) is 0.0400. The summed E-state index contributed by atoms with van der Waals surface area (Å²) in [7, 11) is 0. The van der Waals surface area contributed by atoms with Crippen LogP contribution >= 0.6 is 0 Å². The molecule has 0 radical (unpaired) electrons. The number of aryl methyl sites for hydroxylation is 1. The van der Waals surface area contributed by atoms with Crippen molar-refractivity contribution in [3.05, 3.63) is 101 Å². The van der Waals surface area contributed by atoms with Crippen molar-refractivity contribution in [2.75, 3.05) is 0 Å². The second-order valence-corrected chi connectivity index (χ2v) is 6.99. The van der Waals surface area contributed by atoms with Gasteiger partial charge in [0.25, 0.3) is 0 Å². The first kappa shape index (κ1) is 17.9. The first-order valence-electron chi connectivity index (χ1n) is 9.43. The molecule has 0 unspecified atom stereocenters. The summed E-state index contributed by atoms with van der Waals surface area (Å²) in [5, 5.41) is 0.818. The Hall–Kier alpha value is -4.12. The van der Waals surface area contributed by atoms with Crippen molar-refractivity contribution in [2.24, 2.45) is 0 Å². The molecule has 0 saturated carbocycles. The quantitative estimate of drug-likeness (QED) is 0.257. The van der Waals surface area contributed by atoms with E-state index in [1.807, 2.05) is 49.4 Å². The number of furan rings is 1. The normalized spacial score (nSPS) is 14.0. The molecule has 0 N–H and O–H groups in total. The minimum absolute atomic E-state index is 0.105. The molecule has 0 saturated heterocycles. The van der Waals surface area contributed by atoms with E-state index < -0.39 is 5.97 Å². The lowest BCUT2D eigenvalue weighted by Crippen LogP contribution is -2.07. The summed E-state index contributed by atoms with van der Waals surface area (Å²) in [6, 6.07) is 21.4. The van der Waals surface area contributed by atoms with Crippen molar-refractivity contribution < 1.29 is 23.5 Å². The molecule has 5 heteroatoms. The molecule has 1 aliphatic rings. The van der Waals surface area contributed by atoms with Crippen LogP contribution in [0.4, 0.5) is 0 Å². The Bertz CT molecular complexity index is 1310. The summed E-state index contributed by atoms with van der Waals surface area (Å²) in [5.74, 6) is 0.141. The van der Waals surface area contributed by atoms with Gasteiger partial charge in [-0.2, -0.15) is 0 Å². The molecule has 1 aromatic heterocycles. The molecule has 5 nitrogen and oxygen atoms in total. The van der Waals surface area contributed by atoms with Crippen molar-refractivity contribution >= 4 is 28.8 Å². The van der Waals surface area contributed by atoms with Crippen LogP contribution in [-0.4, -0.2) is 11.8 Å². The lowest BCUT2D eigenvalue weighted by atomic mass is 10.1. The number of allylic oxidation sites excluding steroid dienone is 1. The van der Waals surface area contributed by atoms with Crippen LogP contribution in [0.3, 0.4) is 0 Å². The lowest BCUT2D eigenvalue weighted by Gasteiger charge is -2.04. The number of hydrogen-bond acceptors (Lipinski definition) is 5. The average Bonchev–Trinajstić information content (AvgIpc) is 3.31. The molecule has 0 atom stereocenters. The first-order chi connectivity index (χ1) is 14.6. The van der Waals surface area contributed by atoms with Gasteiger partial charge in [-0.3, -0.25) is 4.79 Å². The Morgan fingerprint density at radius 1 is 0.967 bits per heavy atom. The van der Waals surface area contributed by atoms with E-state index in [2.05, 4.69) is 0 Å². The summed E-state index contributed by atoms with van der Waals surface area (Å²) < 4.78 is 16.7. The topological polar surface area (TPSA) is 65.7 Å². The van der Waals surface area contributed by atoms with Gasteiger partial charge < -0.3 is 13.9 Å². The zero-order valence-corrected chi connectivity index (χ0v) is 16.0. The van der Waals surface area contributed by atoms with Gasteiger partial charge in [0.05, 0.1) is 5.56 Å². The summed E-state index contributed by atoms with van der Waals surface area (Å²) in [5.41, 5.74) is 2.99. The van der Waals surface area contributed by atoms with Gasteiger partial charge in [-0.25, -0.2) is 4.79 Å². The molecule has 146 valence electrons. The molecular formula is C25H16O5. The number of ketones is 1. The fourth-order valence-corrected chi connectivity index (χ4v) is 3.36. The number of carbonyl (C=O) groups is 2. The predicted octanol–water partition coefficient (Wildman–Crippen LogP) is 5.58. The Labute approximate surface area is 172 Å². The maximum Gasteiger partial charge on any atom is 0.379 e. The third-order valence-corrected chi connectivity index (χ3v) is 4.95. The molecule has 0 aliphatic carbocycles. The monoisotopic (exact) mass is 396 g/mol. The summed E-state index contributed by atoms with van der Waals surface area (Å²) >= 11 is 0. The SMILES string of the molecule is Cc1ccccc1/C=C1\Oc2cc(OC(=O)c3cc4ccccc4o3)ccc2C1=O. The Kier molecular flexibility index (Phi) is 4.21. The molecule has 4 aromatic rings. The molecule has 0 amide bonds. The van der Waals surface area contributed by atoms with Crippen molar-refractivity contribution in [3.63, 3.8) is 0 Å². The summed E-state index contributed by atoms with van der Waals surface area (Å²) in [6.45, 7) is 1.97. The van der Waals surface area contributed by atoms with Gasteiger partial charge in [-0.05, 0) is 48.4 Å². The minimum atomic E-state index is -0.619. The molecule has 0 bridgehead atoms. The van der Waals surface area contributed by atoms with Gasteiger partial charge in [0, 0.05) is 11.5 Å². The number of para-hydroxylation sites is 1. The van der Waals surface area contributed by atoms with E-state index in [9.17, 15) is 9.59 Å². The van der Waals surface area contributed by atoms with Crippen molar-refractivity contribution in [2.45, 2.75) is 6.92 Å². The van der Waals surface area contributed by atoms with Crippen LogP contribution in [0.25, 0.3) is 17.0 Å². The number of benzene rings is 3. The highest BCUT2D eigenvalue weighted by atomic mass is 16.5. The van der Waals surface area contributed by atoms with Gasteiger partial charge >= 0.3 is 5.97 Å². The number of rotatable bonds is 3. The smallest absolute Gasteiger partial charge is 0.379 e. The van der Waals surface area contributed by atoms with Crippen LogP contribution in [-0.2, 0) is 0 Å². The standard InChI is InChI=1S/C25H16O5/c1-15-6-2-3-7-16(15)12-22-24(26)19-11-10-18(14-21(19)30-22)28-25(27)23-13-17-8-4-5-9-20(17)29-23/h2-14H,1H3/b22-12-. The molecule has 5 rings (SSSR count). The predicted molar refractivity (Wildman–Crippen MR) is 112 cm³/mol. The number of carbonyl (C=O) groups excluding carboxylic acids is 2. The molecule has 1 aliphatic heterocycles. The van der Waals surface area contributed by atoms with Crippen molar-refractivity contribution in [1.82, 2.24) is 0 Å². The molecule has 0 spiro atoms. The number of esters is 1. The molecule has 3 aromatic carbocycles. The van der Waals surface area contributed by atoms with Crippen LogP contribution in [0.1, 0.15) is 32.0 Å². The summed E-state index contributed by atoms with van der Waals surface area (Å²) in [4.78, 5) is 25.1. The highest BCUT2D eigenvalue weighted by molar-refractivity contribution is 6.14. The highest BCUT2D eigenvalue weighted by Crippen LogP contribution is 2.35. The average molecular weight is 396 g/mol. The third-order valence-electron chi connectivity index (χ3n) is 4.95. The Morgan fingerprint density at radius 2 is 1.77 bits per heavy atom. The van der Waals surface area contributed by atoms with Crippen LogP contribution in [0.5, 0.6) is 11.5 Å². The van der Waals surface area contributed by atoms with E-state index in [0.717, 1.165) is 16.5 Å². The van der Waals surface area contributed by atoms with Crippen LogP contribution in [0, 0.1) is 6.92 Å². The van der Waals surface area contributed by atoms with Gasteiger partial charge in [-0.15, -0.1) is 0 Å². The molecule has 30 heavy (non-hydrogen) atoms. The third kappa shape index (κ3) is 3.16. The van der Waals surface area contributed by atoms with Crippen LogP contribution < -0.4 is 9.47 Å². The molecule has 2 heterocycles. The molecular weight excluding hydrogens is 380 g/mol. The second kappa shape index (κ2) is 7.04. The van der Waals surface area contributed by atoms with E-state index in [0.29, 0.717) is 16.9 Å². The number of hydrogen-bond donors (Lipinski definition) is 0. The van der Waals surface area contributed by atoms with Gasteiger partial charge in [0.2, 0.25) is 11.5 Å². The van der Waals surface area contributed by atoms with E-state index in [1.165, 1.54) is 6.07 Å². The van der Waals surface area contributed by atoms with Gasteiger partial charge in [0.1, 0.15) is 17.1 Å². The van der Waals surface area contributed by atoms with E-state index >= 15 is 0 Å². The zero-order chi connectivity index (χ0) is 20.7. The Balaban J connectivity index is 1.39. The maximum atomic E-state index is 12.7. The lowest BCUT2D eigenvalue weighted by molar-refractivity contribution is 0.0703. The minimum Gasteiger partial charge on any atom is -0.452 e. The number of fused-ring (bicyclic) bond motifs is 2. The summed E-state index contributed by atoms with van der Waals surface area (Å²) in [6.07, 6.45) is 1.72. The van der Waals surface area contributed by atoms with E-state index in [-0.39, 0.29) is 23.1 Å². The highest BCUT2D eigenvalue weighted by Gasteiger charge is 2.28.